The summed E-state index contributed by atoms with van der Waals surface area (Å²) in [6, 6.07) is 15.1. The van der Waals surface area contributed by atoms with Crippen LogP contribution >= 0.6 is 23.4 Å². The summed E-state index contributed by atoms with van der Waals surface area (Å²) in [5, 5.41) is 1.72. The van der Waals surface area contributed by atoms with Crippen molar-refractivity contribution in [2.45, 2.75) is 23.6 Å². The number of carbonyl (C=O) groups is 1. The first-order chi connectivity index (χ1) is 15.0. The fraction of sp³-hybridized carbons (Fsp3) is 0.167. The van der Waals surface area contributed by atoms with Gasteiger partial charge in [0.1, 0.15) is 5.75 Å². The van der Waals surface area contributed by atoms with E-state index < -0.39 is 0 Å². The number of methoxy groups -OCH3 is 1. The zero-order chi connectivity index (χ0) is 22.0. The zero-order valence-corrected chi connectivity index (χ0v) is 19.0. The van der Waals surface area contributed by atoms with Gasteiger partial charge in [-0.05, 0) is 56.3 Å². The average molecular weight is 453 g/mol. The van der Waals surface area contributed by atoms with E-state index in [1.807, 2.05) is 42.6 Å². The van der Waals surface area contributed by atoms with Crippen molar-refractivity contribution in [3.8, 4) is 11.4 Å². The first-order valence-electron chi connectivity index (χ1n) is 9.77. The maximum absolute atomic E-state index is 12.3. The lowest BCUT2D eigenvalue weighted by molar-refractivity contribution is 0.0526. The van der Waals surface area contributed by atoms with Gasteiger partial charge in [-0.1, -0.05) is 29.4 Å². The van der Waals surface area contributed by atoms with Gasteiger partial charge in [0.15, 0.2) is 0 Å². The molecule has 158 valence electrons. The molecule has 0 aliphatic heterocycles. The molecule has 2 aromatic heterocycles. The van der Waals surface area contributed by atoms with E-state index in [4.69, 9.17) is 21.1 Å². The summed E-state index contributed by atoms with van der Waals surface area (Å²) in [5.74, 6) is 0.335. The molecule has 0 aliphatic carbocycles. The van der Waals surface area contributed by atoms with E-state index in [1.54, 1.807) is 44.1 Å². The Kier molecular flexibility index (Phi) is 6.20. The molecule has 0 radical (unpaired) electrons. The molecule has 0 bridgehead atoms. The van der Waals surface area contributed by atoms with E-state index in [0.717, 1.165) is 32.1 Å². The summed E-state index contributed by atoms with van der Waals surface area (Å²) >= 11 is 7.87. The van der Waals surface area contributed by atoms with Gasteiger partial charge in [-0.2, -0.15) is 0 Å². The number of halogens is 1. The van der Waals surface area contributed by atoms with Gasteiger partial charge in [-0.15, -0.1) is 0 Å². The summed E-state index contributed by atoms with van der Waals surface area (Å²) in [6.07, 6.45) is 3.57. The van der Waals surface area contributed by atoms with Crippen molar-refractivity contribution in [3.05, 3.63) is 77.2 Å². The third-order valence-electron chi connectivity index (χ3n) is 4.90. The topological polar surface area (TPSA) is 53.4 Å². The number of hydrogen-bond acceptors (Lipinski definition) is 5. The van der Waals surface area contributed by atoms with Gasteiger partial charge < -0.3 is 14.0 Å². The largest absolute Gasteiger partial charge is 0.496 e. The number of aromatic nitrogens is 2. The van der Waals surface area contributed by atoms with E-state index in [9.17, 15) is 4.79 Å². The third-order valence-corrected chi connectivity index (χ3v) is 6.39. The summed E-state index contributed by atoms with van der Waals surface area (Å²) in [7, 11) is 1.62. The van der Waals surface area contributed by atoms with Crippen LogP contribution < -0.4 is 4.74 Å². The number of rotatable bonds is 6. The molecule has 2 aromatic carbocycles. The molecule has 0 saturated heterocycles. The minimum atomic E-state index is -0.353. The van der Waals surface area contributed by atoms with Crippen LogP contribution in [0.2, 0.25) is 5.02 Å². The average Bonchev–Trinajstić information content (AvgIpc) is 3.05. The van der Waals surface area contributed by atoms with Gasteiger partial charge >= 0.3 is 5.97 Å². The lowest BCUT2D eigenvalue weighted by Crippen LogP contribution is -2.04. The Balaban J connectivity index is 1.87. The third kappa shape index (κ3) is 4.13. The summed E-state index contributed by atoms with van der Waals surface area (Å²) in [5.41, 5.74) is 3.47. The van der Waals surface area contributed by atoms with Gasteiger partial charge in [0, 0.05) is 27.2 Å². The van der Waals surface area contributed by atoms with Gasteiger partial charge in [-0.3, -0.25) is 4.98 Å². The minimum absolute atomic E-state index is 0.325. The number of carbonyl (C=O) groups excluding carboxylic acids is 1. The van der Waals surface area contributed by atoms with Crippen LogP contribution in [0.4, 0.5) is 0 Å². The van der Waals surface area contributed by atoms with Crippen molar-refractivity contribution in [1.29, 1.82) is 0 Å². The highest BCUT2D eigenvalue weighted by atomic mass is 35.5. The summed E-state index contributed by atoms with van der Waals surface area (Å²) in [6.45, 7) is 4.18. The zero-order valence-electron chi connectivity index (χ0n) is 17.4. The molecule has 0 atom stereocenters. The smallest absolute Gasteiger partial charge is 0.338 e. The van der Waals surface area contributed by atoms with Crippen LogP contribution in [-0.4, -0.2) is 29.2 Å². The van der Waals surface area contributed by atoms with Crippen molar-refractivity contribution in [2.75, 3.05) is 13.7 Å². The van der Waals surface area contributed by atoms with E-state index in [2.05, 4.69) is 16.5 Å². The molecule has 0 saturated carbocycles. The fourth-order valence-electron chi connectivity index (χ4n) is 3.51. The Morgan fingerprint density at radius 3 is 2.74 bits per heavy atom. The number of nitrogens with zero attached hydrogens (tertiary/aromatic N) is 2. The normalized spacial score (nSPS) is 11.0. The molecule has 4 rings (SSSR count). The predicted octanol–water partition coefficient (Wildman–Crippen LogP) is 6.32. The number of esters is 1. The number of ether oxygens (including phenoxy) is 2. The lowest BCUT2D eigenvalue weighted by Gasteiger charge is -2.11. The van der Waals surface area contributed by atoms with Crippen LogP contribution in [0.25, 0.3) is 16.6 Å². The number of benzene rings is 2. The number of pyridine rings is 1. The maximum Gasteiger partial charge on any atom is 0.338 e. The summed E-state index contributed by atoms with van der Waals surface area (Å²) < 4.78 is 12.9. The molecular formula is C24H21ClN2O3S. The molecule has 31 heavy (non-hydrogen) atoms. The molecule has 0 unspecified atom stereocenters. The molecule has 0 amide bonds. The molecule has 0 N–H and O–H groups in total. The molecular weight excluding hydrogens is 432 g/mol. The second-order valence-electron chi connectivity index (χ2n) is 6.81. The predicted molar refractivity (Wildman–Crippen MR) is 124 cm³/mol. The van der Waals surface area contributed by atoms with Crippen molar-refractivity contribution in [3.63, 3.8) is 0 Å². The van der Waals surface area contributed by atoms with Crippen molar-refractivity contribution in [2.24, 2.45) is 0 Å². The van der Waals surface area contributed by atoms with Crippen LogP contribution in [0.15, 0.2) is 70.7 Å². The van der Waals surface area contributed by atoms with Crippen LogP contribution in [0.5, 0.6) is 5.75 Å². The standard InChI is InChI=1S/C24H21ClN2O3S/c1-4-30-24(28)16-7-10-21(29-3)22(12-16)31-23-15(2)27(18-6-5-11-26-14-18)20-13-17(25)8-9-19(20)23/h5-14H,4H2,1-3H3. The molecule has 2 heterocycles. The first kappa shape index (κ1) is 21.3. The number of hydrogen-bond donors (Lipinski definition) is 0. The minimum Gasteiger partial charge on any atom is -0.496 e. The van der Waals surface area contributed by atoms with Crippen LogP contribution in [0.3, 0.4) is 0 Å². The van der Waals surface area contributed by atoms with E-state index >= 15 is 0 Å². The van der Waals surface area contributed by atoms with E-state index in [0.29, 0.717) is 22.9 Å². The van der Waals surface area contributed by atoms with Gasteiger partial charge in [0.25, 0.3) is 0 Å². The van der Waals surface area contributed by atoms with Crippen LogP contribution in [-0.2, 0) is 4.74 Å². The Bertz CT molecular complexity index is 1250. The van der Waals surface area contributed by atoms with Gasteiger partial charge in [0.2, 0.25) is 0 Å². The van der Waals surface area contributed by atoms with Crippen molar-refractivity contribution >= 4 is 40.2 Å². The molecule has 0 aliphatic rings. The summed E-state index contributed by atoms with van der Waals surface area (Å²) in [4.78, 5) is 18.4. The van der Waals surface area contributed by atoms with Crippen LogP contribution in [0, 0.1) is 6.92 Å². The first-order valence-corrected chi connectivity index (χ1v) is 11.0. The highest BCUT2D eigenvalue weighted by Crippen LogP contribution is 2.43. The molecule has 0 spiro atoms. The van der Waals surface area contributed by atoms with Crippen LogP contribution in [0.1, 0.15) is 23.0 Å². The van der Waals surface area contributed by atoms with Crippen molar-refractivity contribution < 1.29 is 14.3 Å². The molecule has 4 aromatic rings. The lowest BCUT2D eigenvalue weighted by atomic mass is 10.2. The Morgan fingerprint density at radius 2 is 2.03 bits per heavy atom. The quantitative estimate of drug-likeness (QED) is 0.320. The van der Waals surface area contributed by atoms with Gasteiger partial charge in [0.05, 0.1) is 41.6 Å². The highest BCUT2D eigenvalue weighted by Gasteiger charge is 2.19. The SMILES string of the molecule is CCOC(=O)c1ccc(OC)c(Sc2c(C)n(-c3cccnc3)c3cc(Cl)ccc23)c1. The van der Waals surface area contributed by atoms with E-state index in [1.165, 1.54) is 0 Å². The second-order valence-corrected chi connectivity index (χ2v) is 8.30. The Hall–Kier alpha value is -2.96. The van der Waals surface area contributed by atoms with E-state index in [-0.39, 0.29) is 5.97 Å². The monoisotopic (exact) mass is 452 g/mol. The Morgan fingerprint density at radius 1 is 1.19 bits per heavy atom. The fourth-order valence-corrected chi connectivity index (χ4v) is 4.86. The molecule has 5 nitrogen and oxygen atoms in total. The number of fused-ring (bicyclic) bond motifs is 1. The maximum atomic E-state index is 12.3. The molecule has 7 heteroatoms. The molecule has 0 fully saturated rings. The van der Waals surface area contributed by atoms with Gasteiger partial charge in [-0.25, -0.2) is 4.79 Å². The Labute approximate surface area is 190 Å². The second kappa shape index (κ2) is 9.04. The van der Waals surface area contributed by atoms with Crippen molar-refractivity contribution in [1.82, 2.24) is 9.55 Å². The highest BCUT2D eigenvalue weighted by molar-refractivity contribution is 7.99.